The van der Waals surface area contributed by atoms with Gasteiger partial charge < -0.3 is 9.11 Å². The molecule has 4 nitrogen and oxygen atoms in total. The predicted octanol–water partition coefficient (Wildman–Crippen LogP) is 3.15. The van der Waals surface area contributed by atoms with E-state index in [4.69, 9.17) is 0 Å². The van der Waals surface area contributed by atoms with Gasteiger partial charge in [-0.3, -0.25) is 8.42 Å². The molecule has 0 saturated carbocycles. The molecule has 0 aliphatic heterocycles. The standard InChI is InChI=1S/C8H18O2S.C6H6O2S/c1-2-3-4-5-6-7-8-11(9)10;7-9(8)6-4-2-1-3-5-6/h2-8H2,1H3,(H,9,10);1-5H,(H,7,8)/p-2. The quantitative estimate of drug-likeness (QED) is 0.544. The SMILES string of the molecule is CCCCCCCCS(=O)[O-].O=S([O-])c1ccccc1. The molecule has 6 heteroatoms. The highest BCUT2D eigenvalue weighted by Crippen LogP contribution is 2.04. The molecular weight excluding hydrogens is 296 g/mol. The molecule has 0 saturated heterocycles. The number of unbranched alkanes of at least 4 members (excludes halogenated alkanes) is 5. The molecule has 0 aliphatic rings. The summed E-state index contributed by atoms with van der Waals surface area (Å²) >= 11 is -3.90. The van der Waals surface area contributed by atoms with Crippen molar-refractivity contribution >= 4 is 22.2 Å². The van der Waals surface area contributed by atoms with Crippen LogP contribution >= 0.6 is 0 Å². The van der Waals surface area contributed by atoms with Crippen LogP contribution in [0.1, 0.15) is 45.4 Å². The number of benzene rings is 1. The first-order chi connectivity index (χ1) is 9.57. The molecule has 1 aromatic rings. The van der Waals surface area contributed by atoms with Crippen molar-refractivity contribution in [1.29, 1.82) is 0 Å². The second kappa shape index (κ2) is 13.4. The van der Waals surface area contributed by atoms with Crippen molar-refractivity contribution < 1.29 is 17.5 Å². The van der Waals surface area contributed by atoms with Crippen LogP contribution in [0.2, 0.25) is 0 Å². The van der Waals surface area contributed by atoms with Crippen LogP contribution in [-0.2, 0) is 22.2 Å². The van der Waals surface area contributed by atoms with Crippen molar-refractivity contribution in [3.63, 3.8) is 0 Å². The molecular formula is C14H22O4S2-2. The molecule has 20 heavy (non-hydrogen) atoms. The van der Waals surface area contributed by atoms with E-state index in [1.807, 2.05) is 0 Å². The summed E-state index contributed by atoms with van der Waals surface area (Å²) in [4.78, 5) is 0.331. The lowest BCUT2D eigenvalue weighted by Crippen LogP contribution is -1.94. The van der Waals surface area contributed by atoms with Gasteiger partial charge in [-0.15, -0.1) is 0 Å². The Morgan fingerprint density at radius 1 is 0.900 bits per heavy atom. The van der Waals surface area contributed by atoms with Gasteiger partial charge in [0.2, 0.25) is 0 Å². The molecule has 116 valence electrons. The third-order valence-corrected chi connectivity index (χ3v) is 3.88. The largest absolute Gasteiger partial charge is 0.772 e. The minimum absolute atomic E-state index is 0.331. The van der Waals surface area contributed by atoms with Gasteiger partial charge in [-0.05, 0) is 29.6 Å². The van der Waals surface area contributed by atoms with Crippen LogP contribution in [0.15, 0.2) is 35.2 Å². The van der Waals surface area contributed by atoms with Crippen LogP contribution in [0.5, 0.6) is 0 Å². The highest BCUT2D eigenvalue weighted by atomic mass is 32.2. The lowest BCUT2D eigenvalue weighted by molar-refractivity contribution is 0.530. The smallest absolute Gasteiger partial charge is 0.0248 e. The fourth-order valence-electron chi connectivity index (χ4n) is 1.53. The predicted molar refractivity (Wildman–Crippen MR) is 80.8 cm³/mol. The maximum Gasteiger partial charge on any atom is 0.0248 e. The second-order valence-corrected chi connectivity index (χ2v) is 6.28. The normalized spacial score (nSPS) is 13.2. The Kier molecular flexibility index (Phi) is 13.0. The van der Waals surface area contributed by atoms with E-state index in [2.05, 4.69) is 6.92 Å². The molecule has 0 spiro atoms. The van der Waals surface area contributed by atoms with Crippen molar-refractivity contribution in [3.05, 3.63) is 30.3 Å². The van der Waals surface area contributed by atoms with E-state index in [9.17, 15) is 17.5 Å². The first-order valence-corrected chi connectivity index (χ1v) is 9.10. The van der Waals surface area contributed by atoms with Gasteiger partial charge in [0.25, 0.3) is 0 Å². The minimum Gasteiger partial charge on any atom is -0.772 e. The van der Waals surface area contributed by atoms with E-state index in [0.717, 1.165) is 12.8 Å². The lowest BCUT2D eigenvalue weighted by Gasteiger charge is -2.03. The molecule has 0 heterocycles. The van der Waals surface area contributed by atoms with Gasteiger partial charge in [-0.2, -0.15) is 0 Å². The lowest BCUT2D eigenvalue weighted by atomic mass is 10.1. The Labute approximate surface area is 126 Å². The van der Waals surface area contributed by atoms with Crippen LogP contribution in [-0.4, -0.2) is 23.3 Å². The summed E-state index contributed by atoms with van der Waals surface area (Å²) in [5.74, 6) is 0.339. The van der Waals surface area contributed by atoms with Crippen molar-refractivity contribution in [1.82, 2.24) is 0 Å². The van der Waals surface area contributed by atoms with Gasteiger partial charge in [-0.25, -0.2) is 0 Å². The summed E-state index contributed by atoms with van der Waals surface area (Å²) < 4.78 is 40.6. The van der Waals surface area contributed by atoms with Gasteiger partial charge >= 0.3 is 0 Å². The first kappa shape index (κ1) is 19.4. The molecule has 0 N–H and O–H groups in total. The molecule has 1 aromatic carbocycles. The molecule has 0 radical (unpaired) electrons. The monoisotopic (exact) mass is 318 g/mol. The molecule has 0 aliphatic carbocycles. The highest BCUT2D eigenvalue weighted by molar-refractivity contribution is 7.79. The Bertz CT molecular complexity index is 382. The Morgan fingerprint density at radius 3 is 1.90 bits per heavy atom. The number of rotatable bonds is 8. The Hall–Kier alpha value is -0.560. The van der Waals surface area contributed by atoms with E-state index < -0.39 is 22.2 Å². The summed E-state index contributed by atoms with van der Waals surface area (Å²) in [6.07, 6.45) is 6.86. The topological polar surface area (TPSA) is 80.3 Å². The van der Waals surface area contributed by atoms with Crippen molar-refractivity contribution in [2.75, 3.05) is 5.75 Å². The van der Waals surface area contributed by atoms with Crippen molar-refractivity contribution in [3.8, 4) is 0 Å². The summed E-state index contributed by atoms with van der Waals surface area (Å²) in [7, 11) is 0. The number of hydrogen-bond acceptors (Lipinski definition) is 4. The van der Waals surface area contributed by atoms with Gasteiger partial charge in [-0.1, -0.05) is 68.3 Å². The summed E-state index contributed by atoms with van der Waals surface area (Å²) in [6, 6.07) is 8.23. The Morgan fingerprint density at radius 2 is 1.45 bits per heavy atom. The Balaban J connectivity index is 0.000000367. The molecule has 0 aromatic heterocycles. The molecule has 0 bridgehead atoms. The summed E-state index contributed by atoms with van der Waals surface area (Å²) in [5, 5.41) is 0. The van der Waals surface area contributed by atoms with E-state index in [1.54, 1.807) is 30.3 Å². The summed E-state index contributed by atoms with van der Waals surface area (Å²) in [6.45, 7) is 2.17. The van der Waals surface area contributed by atoms with Crippen LogP contribution in [0.4, 0.5) is 0 Å². The van der Waals surface area contributed by atoms with Crippen molar-refractivity contribution in [2.24, 2.45) is 0 Å². The molecule has 1 rings (SSSR count). The van der Waals surface area contributed by atoms with Crippen LogP contribution in [0.25, 0.3) is 0 Å². The van der Waals surface area contributed by atoms with Gasteiger partial charge in [0.05, 0.1) is 0 Å². The maximum absolute atomic E-state index is 10.2. The van der Waals surface area contributed by atoms with Crippen molar-refractivity contribution in [2.45, 2.75) is 50.3 Å². The average molecular weight is 318 g/mol. The van der Waals surface area contributed by atoms with E-state index in [0.29, 0.717) is 10.6 Å². The maximum atomic E-state index is 10.2. The molecule has 2 unspecified atom stereocenters. The summed E-state index contributed by atoms with van der Waals surface area (Å²) in [5.41, 5.74) is 0. The molecule has 2 atom stereocenters. The fourth-order valence-corrected chi connectivity index (χ4v) is 2.35. The molecule has 0 fully saturated rings. The first-order valence-electron chi connectivity index (χ1n) is 6.78. The third kappa shape index (κ3) is 12.5. The minimum atomic E-state index is -2.08. The van der Waals surface area contributed by atoms with Crippen LogP contribution in [0.3, 0.4) is 0 Å². The highest BCUT2D eigenvalue weighted by Gasteiger charge is 1.89. The van der Waals surface area contributed by atoms with Crippen LogP contribution in [0, 0.1) is 0 Å². The fraction of sp³-hybridized carbons (Fsp3) is 0.571. The third-order valence-electron chi connectivity index (χ3n) is 2.60. The van der Waals surface area contributed by atoms with E-state index in [1.165, 1.54) is 25.7 Å². The van der Waals surface area contributed by atoms with Crippen LogP contribution < -0.4 is 0 Å². The molecule has 0 amide bonds. The average Bonchev–Trinajstić information content (AvgIpc) is 2.44. The van der Waals surface area contributed by atoms with Gasteiger partial charge in [0.1, 0.15) is 0 Å². The van der Waals surface area contributed by atoms with E-state index in [-0.39, 0.29) is 0 Å². The van der Waals surface area contributed by atoms with Gasteiger partial charge in [0.15, 0.2) is 0 Å². The zero-order valence-corrected chi connectivity index (χ0v) is 13.4. The second-order valence-electron chi connectivity index (χ2n) is 4.32. The van der Waals surface area contributed by atoms with Gasteiger partial charge in [0, 0.05) is 10.6 Å². The number of hydrogen-bond donors (Lipinski definition) is 0. The zero-order valence-electron chi connectivity index (χ0n) is 11.8. The zero-order chi connectivity index (χ0) is 15.2. The van der Waals surface area contributed by atoms with E-state index >= 15 is 0 Å².